The first-order chi connectivity index (χ1) is 10.5. The van der Waals surface area contributed by atoms with Gasteiger partial charge in [-0.2, -0.15) is 0 Å². The zero-order valence-electron chi connectivity index (χ0n) is 11.4. The third-order valence-corrected chi connectivity index (χ3v) is 3.64. The van der Waals surface area contributed by atoms with E-state index in [-0.39, 0.29) is 5.69 Å². The van der Waals surface area contributed by atoms with E-state index < -0.39 is 28.9 Å². The number of rotatable bonds is 3. The molecule has 3 rings (SSSR count). The minimum atomic E-state index is -0.927. The lowest BCUT2D eigenvalue weighted by Gasteiger charge is -2.12. The number of hydrogen-bond acceptors (Lipinski definition) is 4. The second-order valence-electron chi connectivity index (χ2n) is 4.72. The number of nitrogens with zero attached hydrogens (tertiary/aromatic N) is 2. The molecule has 7 heteroatoms. The van der Waals surface area contributed by atoms with Crippen LogP contribution in [0.2, 0.25) is 5.02 Å². The van der Waals surface area contributed by atoms with Crippen molar-refractivity contribution in [3.63, 3.8) is 0 Å². The van der Waals surface area contributed by atoms with E-state index in [1.54, 1.807) is 0 Å². The Morgan fingerprint density at radius 2 is 2.14 bits per heavy atom. The molecule has 0 aliphatic carbocycles. The van der Waals surface area contributed by atoms with Crippen LogP contribution in [0.3, 0.4) is 0 Å². The SMILES string of the molecule is CNc1ccc(F)c(C(=O)C2C=Nc3ncc(Cl)cc32)c1F. The molecule has 1 atom stereocenters. The molecule has 1 aliphatic heterocycles. The van der Waals surface area contributed by atoms with Crippen LogP contribution in [-0.4, -0.2) is 24.0 Å². The van der Waals surface area contributed by atoms with E-state index in [2.05, 4.69) is 15.3 Å². The Morgan fingerprint density at radius 1 is 1.36 bits per heavy atom. The van der Waals surface area contributed by atoms with Crippen LogP contribution >= 0.6 is 11.6 Å². The summed E-state index contributed by atoms with van der Waals surface area (Å²) < 4.78 is 28.2. The minimum absolute atomic E-state index is 0.0455. The van der Waals surface area contributed by atoms with Crippen molar-refractivity contribution in [1.29, 1.82) is 0 Å². The number of benzene rings is 1. The van der Waals surface area contributed by atoms with Gasteiger partial charge in [-0.15, -0.1) is 0 Å². The summed E-state index contributed by atoms with van der Waals surface area (Å²) in [6.45, 7) is 0. The molecule has 1 N–H and O–H groups in total. The summed E-state index contributed by atoms with van der Waals surface area (Å²) in [6.07, 6.45) is 2.72. The Hall–Kier alpha value is -2.34. The number of aliphatic imine (C=N–C) groups is 1. The highest BCUT2D eigenvalue weighted by molar-refractivity contribution is 6.30. The van der Waals surface area contributed by atoms with Gasteiger partial charge in [-0.05, 0) is 18.2 Å². The molecule has 0 radical (unpaired) electrons. The molecular formula is C15H10ClF2N3O. The lowest BCUT2D eigenvalue weighted by atomic mass is 9.92. The standard InChI is InChI=1S/C15H10ClF2N3O/c1-19-11-3-2-10(17)12(13(11)18)14(22)9-6-21-15-8(9)4-7(16)5-20-15/h2-6,9,19H,1H3. The fourth-order valence-corrected chi connectivity index (χ4v) is 2.51. The van der Waals surface area contributed by atoms with Gasteiger partial charge in [0, 0.05) is 25.0 Å². The fourth-order valence-electron chi connectivity index (χ4n) is 2.35. The Balaban J connectivity index is 2.08. The van der Waals surface area contributed by atoms with Crippen molar-refractivity contribution in [3.8, 4) is 0 Å². The summed E-state index contributed by atoms with van der Waals surface area (Å²) in [6, 6.07) is 3.80. The van der Waals surface area contributed by atoms with Crippen molar-refractivity contribution in [2.75, 3.05) is 12.4 Å². The van der Waals surface area contributed by atoms with Crippen molar-refractivity contribution in [3.05, 3.63) is 52.2 Å². The maximum Gasteiger partial charge on any atom is 0.181 e. The Labute approximate surface area is 129 Å². The van der Waals surface area contributed by atoms with Crippen LogP contribution in [0.15, 0.2) is 29.4 Å². The summed E-state index contributed by atoms with van der Waals surface area (Å²) in [5.41, 5.74) is -0.119. The summed E-state index contributed by atoms with van der Waals surface area (Å²) in [5.74, 6) is -3.15. The maximum atomic E-state index is 14.3. The second kappa shape index (κ2) is 5.46. The quantitative estimate of drug-likeness (QED) is 0.876. The number of nitrogens with one attached hydrogen (secondary N) is 1. The molecule has 1 aromatic heterocycles. The molecule has 0 saturated heterocycles. The first kappa shape index (κ1) is 14.6. The average Bonchev–Trinajstić information content (AvgIpc) is 2.90. The molecule has 22 heavy (non-hydrogen) atoms. The van der Waals surface area contributed by atoms with Crippen molar-refractivity contribution in [2.24, 2.45) is 4.99 Å². The molecule has 112 valence electrons. The lowest BCUT2D eigenvalue weighted by Crippen LogP contribution is -2.16. The Kier molecular flexibility index (Phi) is 3.62. The van der Waals surface area contributed by atoms with Crippen LogP contribution in [0.5, 0.6) is 0 Å². The number of ketones is 1. The summed E-state index contributed by atoms with van der Waals surface area (Å²) in [5, 5.41) is 2.90. The van der Waals surface area contributed by atoms with Crippen LogP contribution in [0.1, 0.15) is 21.8 Å². The first-order valence-electron chi connectivity index (χ1n) is 6.42. The Morgan fingerprint density at radius 3 is 2.86 bits per heavy atom. The minimum Gasteiger partial charge on any atom is -0.386 e. The molecule has 0 amide bonds. The number of aromatic nitrogens is 1. The summed E-state index contributed by atoms with van der Waals surface area (Å²) >= 11 is 5.86. The highest BCUT2D eigenvalue weighted by atomic mass is 35.5. The van der Waals surface area contributed by atoms with E-state index in [4.69, 9.17) is 11.6 Å². The monoisotopic (exact) mass is 321 g/mol. The average molecular weight is 322 g/mol. The third-order valence-electron chi connectivity index (χ3n) is 3.43. The highest BCUT2D eigenvalue weighted by Gasteiger charge is 2.32. The molecule has 0 saturated carbocycles. The molecule has 2 aromatic rings. The van der Waals surface area contributed by atoms with Gasteiger partial charge in [0.2, 0.25) is 0 Å². The predicted molar refractivity (Wildman–Crippen MR) is 80.4 cm³/mol. The van der Waals surface area contributed by atoms with E-state index in [1.807, 2.05) is 0 Å². The van der Waals surface area contributed by atoms with Crippen LogP contribution in [0.4, 0.5) is 20.3 Å². The van der Waals surface area contributed by atoms with E-state index in [0.29, 0.717) is 16.4 Å². The fraction of sp³-hybridized carbons (Fsp3) is 0.133. The topological polar surface area (TPSA) is 54.4 Å². The summed E-state index contributed by atoms with van der Waals surface area (Å²) in [4.78, 5) is 20.5. The normalized spacial score (nSPS) is 15.7. The van der Waals surface area contributed by atoms with Crippen molar-refractivity contribution < 1.29 is 13.6 Å². The van der Waals surface area contributed by atoms with Gasteiger partial charge in [0.25, 0.3) is 0 Å². The van der Waals surface area contributed by atoms with E-state index in [0.717, 1.165) is 6.07 Å². The molecule has 1 aliphatic rings. The van der Waals surface area contributed by atoms with Crippen LogP contribution in [0.25, 0.3) is 0 Å². The molecular weight excluding hydrogens is 312 g/mol. The van der Waals surface area contributed by atoms with Gasteiger partial charge in [0.05, 0.1) is 22.2 Å². The Bertz CT molecular complexity index is 808. The third kappa shape index (κ3) is 2.25. The van der Waals surface area contributed by atoms with Gasteiger partial charge < -0.3 is 5.32 Å². The maximum absolute atomic E-state index is 14.3. The molecule has 4 nitrogen and oxygen atoms in total. The molecule has 1 unspecified atom stereocenters. The number of fused-ring (bicyclic) bond motifs is 1. The summed E-state index contributed by atoms with van der Waals surface area (Å²) in [7, 11) is 1.49. The second-order valence-corrected chi connectivity index (χ2v) is 5.16. The van der Waals surface area contributed by atoms with E-state index in [9.17, 15) is 13.6 Å². The number of hydrogen-bond donors (Lipinski definition) is 1. The van der Waals surface area contributed by atoms with Crippen molar-refractivity contribution >= 4 is 35.1 Å². The van der Waals surface area contributed by atoms with Gasteiger partial charge in [-0.1, -0.05) is 11.6 Å². The van der Waals surface area contributed by atoms with Gasteiger partial charge in [-0.25, -0.2) is 18.8 Å². The number of Topliss-reactive ketones (excluding diaryl/α,β-unsaturated/α-hetero) is 1. The molecule has 2 heterocycles. The van der Waals surface area contributed by atoms with Gasteiger partial charge in [-0.3, -0.25) is 4.79 Å². The highest BCUT2D eigenvalue weighted by Crippen LogP contribution is 2.35. The number of pyridine rings is 1. The van der Waals surface area contributed by atoms with Gasteiger partial charge >= 0.3 is 0 Å². The molecule has 0 spiro atoms. The zero-order valence-corrected chi connectivity index (χ0v) is 12.2. The first-order valence-corrected chi connectivity index (χ1v) is 6.80. The van der Waals surface area contributed by atoms with Crippen LogP contribution < -0.4 is 5.32 Å². The molecule has 1 aromatic carbocycles. The van der Waals surface area contributed by atoms with Crippen LogP contribution in [0, 0.1) is 11.6 Å². The van der Waals surface area contributed by atoms with Crippen molar-refractivity contribution in [2.45, 2.75) is 5.92 Å². The predicted octanol–water partition coefficient (Wildman–Crippen LogP) is 3.74. The zero-order chi connectivity index (χ0) is 15.9. The van der Waals surface area contributed by atoms with E-state index >= 15 is 0 Å². The molecule has 0 fully saturated rings. The smallest absolute Gasteiger partial charge is 0.181 e. The number of anilines is 1. The van der Waals surface area contributed by atoms with E-state index in [1.165, 1.54) is 31.6 Å². The van der Waals surface area contributed by atoms with Gasteiger partial charge in [0.1, 0.15) is 5.82 Å². The largest absolute Gasteiger partial charge is 0.386 e. The van der Waals surface area contributed by atoms with Crippen LogP contribution in [-0.2, 0) is 0 Å². The number of halogens is 3. The number of carbonyl (C=O) groups is 1. The molecule has 0 bridgehead atoms. The lowest BCUT2D eigenvalue weighted by molar-refractivity contribution is 0.0977. The van der Waals surface area contributed by atoms with Gasteiger partial charge in [0.15, 0.2) is 17.4 Å². The van der Waals surface area contributed by atoms with Crippen molar-refractivity contribution in [1.82, 2.24) is 4.98 Å². The number of carbonyl (C=O) groups excluding carboxylic acids is 1.